The Labute approximate surface area is 206 Å². The van der Waals surface area contributed by atoms with Crippen LogP contribution in [0.4, 0.5) is 21.7 Å². The lowest BCUT2D eigenvalue weighted by molar-refractivity contribution is -0.135. The van der Waals surface area contributed by atoms with E-state index >= 15 is 0 Å². The van der Waals surface area contributed by atoms with Gasteiger partial charge in [-0.2, -0.15) is 5.10 Å². The standard InChI is InChI=1S/C25H26FN7O3/c26-20-11-19(33-10-7-17(15-34)31-33)2-3-21(20)29-23-12-22-16(13-28-23)1-4-24(30-22)32(14-25(35)36)18-5-8-27-9-6-18/h1-4,7,10-13,18,27,34H,5-6,8-9,14-15H2,(H,28,29)(H,35,36). The molecule has 0 unspecified atom stereocenters. The molecule has 11 heteroatoms. The van der Waals surface area contributed by atoms with Crippen molar-refractivity contribution in [3.05, 3.63) is 66.4 Å². The number of nitrogens with one attached hydrogen (secondary N) is 2. The third-order valence-electron chi connectivity index (χ3n) is 6.19. The molecule has 1 saturated heterocycles. The molecular formula is C25H26FN7O3. The molecule has 1 aromatic carbocycles. The molecule has 0 amide bonds. The summed E-state index contributed by atoms with van der Waals surface area (Å²) >= 11 is 0. The second kappa shape index (κ2) is 10.3. The van der Waals surface area contributed by atoms with Crippen LogP contribution in [-0.2, 0) is 11.4 Å². The normalized spacial score (nSPS) is 14.2. The van der Waals surface area contributed by atoms with Gasteiger partial charge in [-0.25, -0.2) is 19.0 Å². The van der Waals surface area contributed by atoms with E-state index in [0.29, 0.717) is 28.5 Å². The van der Waals surface area contributed by atoms with Gasteiger partial charge in [0.2, 0.25) is 0 Å². The molecule has 5 rings (SSSR count). The number of carboxylic acid groups (broad SMARTS) is 1. The molecule has 1 aliphatic rings. The first kappa shape index (κ1) is 23.6. The molecule has 0 bridgehead atoms. The van der Waals surface area contributed by atoms with Crippen LogP contribution >= 0.6 is 0 Å². The largest absolute Gasteiger partial charge is 0.480 e. The van der Waals surface area contributed by atoms with Crippen molar-refractivity contribution < 1.29 is 19.4 Å². The molecule has 0 spiro atoms. The predicted molar refractivity (Wildman–Crippen MR) is 133 cm³/mol. The monoisotopic (exact) mass is 491 g/mol. The van der Waals surface area contributed by atoms with Gasteiger partial charge >= 0.3 is 5.97 Å². The second-order valence-electron chi connectivity index (χ2n) is 8.63. The summed E-state index contributed by atoms with van der Waals surface area (Å²) in [7, 11) is 0. The molecule has 10 nitrogen and oxygen atoms in total. The highest BCUT2D eigenvalue weighted by molar-refractivity contribution is 5.83. The lowest BCUT2D eigenvalue weighted by Crippen LogP contribution is -2.45. The minimum atomic E-state index is -0.908. The topological polar surface area (TPSA) is 128 Å². The summed E-state index contributed by atoms with van der Waals surface area (Å²) in [6, 6.07) is 11.8. The van der Waals surface area contributed by atoms with Crippen LogP contribution in [0.25, 0.3) is 16.6 Å². The number of halogens is 1. The SMILES string of the molecule is O=C(O)CN(c1ccc2cnc(Nc3ccc(-n4ccc(CO)n4)cc3F)cc2n1)C1CCNCC1. The van der Waals surface area contributed by atoms with Crippen LogP contribution in [0.1, 0.15) is 18.5 Å². The van der Waals surface area contributed by atoms with Gasteiger partial charge in [0.15, 0.2) is 0 Å². The number of aromatic nitrogens is 4. The first-order chi connectivity index (χ1) is 17.5. The molecule has 186 valence electrons. The number of nitrogens with zero attached hydrogens (tertiary/aromatic N) is 5. The highest BCUT2D eigenvalue weighted by atomic mass is 19.1. The van der Waals surface area contributed by atoms with Crippen molar-refractivity contribution in [3.8, 4) is 5.69 Å². The maximum atomic E-state index is 14.9. The third-order valence-corrected chi connectivity index (χ3v) is 6.19. The predicted octanol–water partition coefficient (Wildman–Crippen LogP) is 2.83. The average Bonchev–Trinajstić information content (AvgIpc) is 3.38. The molecule has 3 aromatic heterocycles. The summed E-state index contributed by atoms with van der Waals surface area (Å²) in [4.78, 5) is 22.5. The van der Waals surface area contributed by atoms with Crippen LogP contribution in [0, 0.1) is 5.82 Å². The van der Waals surface area contributed by atoms with Gasteiger partial charge in [0.25, 0.3) is 0 Å². The molecule has 4 heterocycles. The zero-order valence-corrected chi connectivity index (χ0v) is 19.4. The Morgan fingerprint density at radius 2 is 2.03 bits per heavy atom. The Hall–Kier alpha value is -4.09. The number of carboxylic acids is 1. The van der Waals surface area contributed by atoms with Crippen molar-refractivity contribution in [2.24, 2.45) is 0 Å². The van der Waals surface area contributed by atoms with E-state index in [0.717, 1.165) is 31.3 Å². The van der Waals surface area contributed by atoms with Crippen molar-refractivity contribution in [2.45, 2.75) is 25.5 Å². The number of pyridine rings is 2. The molecule has 4 N–H and O–H groups in total. The number of benzene rings is 1. The summed E-state index contributed by atoms with van der Waals surface area (Å²) < 4.78 is 16.3. The van der Waals surface area contributed by atoms with E-state index < -0.39 is 11.8 Å². The number of anilines is 3. The summed E-state index contributed by atoms with van der Waals surface area (Å²) in [5.41, 5.74) is 1.87. The van der Waals surface area contributed by atoms with Crippen molar-refractivity contribution in [3.63, 3.8) is 0 Å². The lowest BCUT2D eigenvalue weighted by atomic mass is 10.0. The van der Waals surface area contributed by atoms with E-state index in [4.69, 9.17) is 4.98 Å². The number of rotatable bonds is 8. The van der Waals surface area contributed by atoms with E-state index in [2.05, 4.69) is 20.7 Å². The van der Waals surface area contributed by atoms with Crippen LogP contribution in [0.2, 0.25) is 0 Å². The van der Waals surface area contributed by atoms with Gasteiger partial charge in [-0.15, -0.1) is 0 Å². The fraction of sp³-hybridized carbons (Fsp3) is 0.280. The van der Waals surface area contributed by atoms with Crippen molar-refractivity contribution in [2.75, 3.05) is 29.9 Å². The van der Waals surface area contributed by atoms with Crippen LogP contribution in [0.15, 0.2) is 54.9 Å². The lowest BCUT2D eigenvalue weighted by Gasteiger charge is -2.34. The van der Waals surface area contributed by atoms with E-state index in [-0.39, 0.29) is 24.9 Å². The molecule has 1 fully saturated rings. The van der Waals surface area contributed by atoms with Crippen molar-refractivity contribution in [1.29, 1.82) is 0 Å². The van der Waals surface area contributed by atoms with Crippen molar-refractivity contribution in [1.82, 2.24) is 25.1 Å². The van der Waals surface area contributed by atoms with Crippen molar-refractivity contribution >= 4 is 34.2 Å². The number of aliphatic hydroxyl groups excluding tert-OH is 1. The Morgan fingerprint density at radius 3 is 2.75 bits per heavy atom. The van der Waals surface area contributed by atoms with Gasteiger partial charge < -0.3 is 25.7 Å². The maximum absolute atomic E-state index is 14.9. The van der Waals surface area contributed by atoms with Crippen LogP contribution in [0.3, 0.4) is 0 Å². The van der Waals surface area contributed by atoms with E-state index in [1.807, 2.05) is 17.0 Å². The maximum Gasteiger partial charge on any atom is 0.323 e. The summed E-state index contributed by atoms with van der Waals surface area (Å²) in [6.07, 6.45) is 4.97. The van der Waals surface area contributed by atoms with Crippen LogP contribution in [0.5, 0.6) is 0 Å². The fourth-order valence-corrected chi connectivity index (χ4v) is 4.37. The molecule has 0 atom stereocenters. The number of fused-ring (bicyclic) bond motifs is 1. The molecule has 36 heavy (non-hydrogen) atoms. The Kier molecular flexibility index (Phi) is 6.74. The van der Waals surface area contributed by atoms with Crippen LogP contribution in [-0.4, -0.2) is 61.6 Å². The van der Waals surface area contributed by atoms with E-state index in [1.165, 1.54) is 10.7 Å². The van der Waals surface area contributed by atoms with Gasteiger partial charge in [0, 0.05) is 36.0 Å². The molecule has 1 aliphatic heterocycles. The minimum absolute atomic E-state index is 0.0857. The van der Waals surface area contributed by atoms with Gasteiger partial charge in [0.1, 0.15) is 24.0 Å². The van der Waals surface area contributed by atoms with Gasteiger partial charge in [-0.1, -0.05) is 0 Å². The number of aliphatic hydroxyl groups is 1. The Morgan fingerprint density at radius 1 is 1.19 bits per heavy atom. The Balaban J connectivity index is 1.40. The number of aliphatic carboxylic acids is 1. The van der Waals surface area contributed by atoms with E-state index in [1.54, 1.807) is 36.7 Å². The summed E-state index contributed by atoms with van der Waals surface area (Å²) in [5.74, 6) is -0.400. The summed E-state index contributed by atoms with van der Waals surface area (Å²) in [6.45, 7) is 1.34. The zero-order valence-electron chi connectivity index (χ0n) is 19.4. The third kappa shape index (κ3) is 5.11. The van der Waals surface area contributed by atoms with Gasteiger partial charge in [-0.3, -0.25) is 4.79 Å². The highest BCUT2D eigenvalue weighted by Gasteiger charge is 2.24. The average molecular weight is 492 g/mol. The highest BCUT2D eigenvalue weighted by Crippen LogP contribution is 2.26. The second-order valence-corrected chi connectivity index (χ2v) is 8.63. The molecule has 0 aliphatic carbocycles. The fourth-order valence-electron chi connectivity index (χ4n) is 4.37. The molecular weight excluding hydrogens is 465 g/mol. The number of hydrogen-bond donors (Lipinski definition) is 4. The van der Waals surface area contributed by atoms with E-state index in [9.17, 15) is 19.4 Å². The summed E-state index contributed by atoms with van der Waals surface area (Å²) in [5, 5.41) is 29.9. The van der Waals surface area contributed by atoms with Gasteiger partial charge in [-0.05, 0) is 56.3 Å². The minimum Gasteiger partial charge on any atom is -0.480 e. The molecule has 0 saturated carbocycles. The first-order valence-corrected chi connectivity index (χ1v) is 11.7. The molecule has 0 radical (unpaired) electrons. The first-order valence-electron chi connectivity index (χ1n) is 11.7. The Bertz CT molecular complexity index is 1390. The van der Waals surface area contributed by atoms with Crippen LogP contribution < -0.4 is 15.5 Å². The zero-order chi connectivity index (χ0) is 25.1. The number of piperidine rings is 1. The smallest absolute Gasteiger partial charge is 0.323 e. The van der Waals surface area contributed by atoms with Gasteiger partial charge in [0.05, 0.1) is 29.2 Å². The molecule has 4 aromatic rings. The number of hydrogen-bond acceptors (Lipinski definition) is 8. The number of carbonyl (C=O) groups is 1. The quantitative estimate of drug-likeness (QED) is 0.294.